The van der Waals surface area contributed by atoms with Gasteiger partial charge < -0.3 is 25.0 Å². The monoisotopic (exact) mass is 595 g/mol. The molecule has 2 rings (SSSR count). The zero-order valence-corrected chi connectivity index (χ0v) is 27.6. The van der Waals surface area contributed by atoms with Crippen LogP contribution in [0.25, 0.3) is 0 Å². The summed E-state index contributed by atoms with van der Waals surface area (Å²) in [4.78, 5) is 55.6. The average Bonchev–Trinajstić information content (AvgIpc) is 2.84. The predicted molar refractivity (Wildman–Crippen MR) is 167 cm³/mol. The molecule has 0 aliphatic rings. The highest BCUT2D eigenvalue weighted by Crippen LogP contribution is 2.33. The number of ether oxygens (including phenoxy) is 2. The SMILES string of the molecule is Cc1cccc(C)c1C(C(=O)NC(Cc1ccccc1)C(=O)OC(C)(C)C)N(C(=O)CNC(=O)OC(C)(C)C)C(C)(C)C. The third-order valence-corrected chi connectivity index (χ3v) is 6.39. The van der Waals surface area contributed by atoms with E-state index in [1.54, 1.807) is 41.5 Å². The molecule has 0 heterocycles. The molecule has 3 amide bonds. The first-order valence-corrected chi connectivity index (χ1v) is 14.6. The summed E-state index contributed by atoms with van der Waals surface area (Å²) in [6.07, 6.45) is -0.541. The number of aryl methyl sites for hydroxylation is 2. The number of alkyl carbamates (subject to hydrolysis) is 1. The minimum absolute atomic E-state index is 0.199. The maximum Gasteiger partial charge on any atom is 0.408 e. The molecule has 0 spiro atoms. The van der Waals surface area contributed by atoms with Crippen molar-refractivity contribution in [1.82, 2.24) is 15.5 Å². The van der Waals surface area contributed by atoms with E-state index in [9.17, 15) is 19.2 Å². The van der Waals surface area contributed by atoms with Crippen LogP contribution in [0.5, 0.6) is 0 Å². The van der Waals surface area contributed by atoms with E-state index in [2.05, 4.69) is 10.6 Å². The third-order valence-electron chi connectivity index (χ3n) is 6.39. The second kappa shape index (κ2) is 14.1. The summed E-state index contributed by atoms with van der Waals surface area (Å²) in [6, 6.07) is 12.9. The van der Waals surface area contributed by atoms with E-state index in [-0.39, 0.29) is 13.0 Å². The maximum absolute atomic E-state index is 14.4. The molecule has 0 aromatic heterocycles. The van der Waals surface area contributed by atoms with Gasteiger partial charge in [-0.2, -0.15) is 0 Å². The highest BCUT2D eigenvalue weighted by atomic mass is 16.6. The number of rotatable bonds is 9. The summed E-state index contributed by atoms with van der Waals surface area (Å²) in [5.41, 5.74) is 0.718. The van der Waals surface area contributed by atoms with E-state index in [4.69, 9.17) is 9.47 Å². The van der Waals surface area contributed by atoms with Gasteiger partial charge in [-0.15, -0.1) is 0 Å². The van der Waals surface area contributed by atoms with Crippen LogP contribution in [-0.2, 0) is 30.3 Å². The van der Waals surface area contributed by atoms with Gasteiger partial charge in [0.15, 0.2) is 0 Å². The largest absolute Gasteiger partial charge is 0.458 e. The lowest BCUT2D eigenvalue weighted by Gasteiger charge is -2.42. The van der Waals surface area contributed by atoms with Gasteiger partial charge in [0.05, 0.1) is 0 Å². The summed E-state index contributed by atoms with van der Waals surface area (Å²) >= 11 is 0. The van der Waals surface area contributed by atoms with E-state index < -0.39 is 52.7 Å². The van der Waals surface area contributed by atoms with Crippen molar-refractivity contribution >= 4 is 23.9 Å². The van der Waals surface area contributed by atoms with Gasteiger partial charge >= 0.3 is 12.1 Å². The van der Waals surface area contributed by atoms with Crippen LogP contribution in [0, 0.1) is 13.8 Å². The number of hydrogen-bond donors (Lipinski definition) is 2. The fourth-order valence-corrected chi connectivity index (χ4v) is 4.76. The maximum atomic E-state index is 14.4. The van der Waals surface area contributed by atoms with Crippen molar-refractivity contribution in [3.8, 4) is 0 Å². The number of hydrogen-bond acceptors (Lipinski definition) is 6. The Kier molecular flexibility index (Phi) is 11.5. The van der Waals surface area contributed by atoms with Gasteiger partial charge in [-0.05, 0) is 98.4 Å². The smallest absolute Gasteiger partial charge is 0.408 e. The van der Waals surface area contributed by atoms with E-state index in [0.717, 1.165) is 16.7 Å². The van der Waals surface area contributed by atoms with Crippen LogP contribution in [0.2, 0.25) is 0 Å². The van der Waals surface area contributed by atoms with Crippen molar-refractivity contribution in [3.05, 3.63) is 70.8 Å². The quantitative estimate of drug-likeness (QED) is 0.367. The number of esters is 1. The number of carbonyl (C=O) groups excluding carboxylic acids is 4. The number of nitrogens with one attached hydrogen (secondary N) is 2. The third kappa shape index (κ3) is 11.0. The van der Waals surface area contributed by atoms with Gasteiger partial charge in [-0.1, -0.05) is 48.5 Å². The van der Waals surface area contributed by atoms with Crippen molar-refractivity contribution in [3.63, 3.8) is 0 Å². The first-order valence-electron chi connectivity index (χ1n) is 14.6. The molecule has 9 heteroatoms. The van der Waals surface area contributed by atoms with E-state index in [1.165, 1.54) is 4.90 Å². The summed E-state index contributed by atoms with van der Waals surface area (Å²) < 4.78 is 11.0. The predicted octanol–water partition coefficient (Wildman–Crippen LogP) is 5.57. The van der Waals surface area contributed by atoms with Crippen molar-refractivity contribution in [1.29, 1.82) is 0 Å². The number of carbonyl (C=O) groups is 4. The lowest BCUT2D eigenvalue weighted by molar-refractivity contribution is -0.159. The zero-order valence-electron chi connectivity index (χ0n) is 27.6. The summed E-state index contributed by atoms with van der Waals surface area (Å²) in [6.45, 7) is 19.3. The Hall–Kier alpha value is -3.88. The van der Waals surface area contributed by atoms with E-state index in [0.29, 0.717) is 5.56 Å². The van der Waals surface area contributed by atoms with Gasteiger partial charge in [0.1, 0.15) is 29.8 Å². The van der Waals surface area contributed by atoms with Crippen molar-refractivity contribution < 1.29 is 28.7 Å². The molecule has 2 aromatic carbocycles. The van der Waals surface area contributed by atoms with E-state index >= 15 is 0 Å². The lowest BCUT2D eigenvalue weighted by atomic mass is 9.90. The van der Waals surface area contributed by atoms with Crippen molar-refractivity contribution in [2.24, 2.45) is 0 Å². The first-order chi connectivity index (χ1) is 19.7. The van der Waals surface area contributed by atoms with Crippen LogP contribution >= 0.6 is 0 Å². The fraction of sp³-hybridized carbons (Fsp3) is 0.529. The Labute approximate surface area is 256 Å². The summed E-state index contributed by atoms with van der Waals surface area (Å²) in [5, 5.41) is 5.45. The molecule has 236 valence electrons. The van der Waals surface area contributed by atoms with Gasteiger partial charge in [-0.25, -0.2) is 9.59 Å². The topological polar surface area (TPSA) is 114 Å². The molecule has 0 radical (unpaired) electrons. The van der Waals surface area contributed by atoms with Crippen LogP contribution in [0.1, 0.15) is 90.6 Å². The molecule has 0 bridgehead atoms. The Morgan fingerprint density at radius 2 is 1.30 bits per heavy atom. The molecular formula is C34H49N3O6. The molecule has 2 unspecified atom stereocenters. The molecule has 0 aliphatic carbocycles. The Bertz CT molecular complexity index is 1270. The standard InChI is InChI=1S/C34H49N3O6/c1-22-16-15-17-23(2)27(22)28(37(32(3,4)5)26(38)21-35-31(41)43-34(9,10)11)29(39)36-25(30(40)42-33(6,7)8)20-24-18-13-12-14-19-24/h12-19,25,28H,20-21H2,1-11H3,(H,35,41)(H,36,39). The summed E-state index contributed by atoms with van der Waals surface area (Å²) in [7, 11) is 0. The van der Waals surface area contributed by atoms with Crippen molar-refractivity contribution in [2.45, 2.75) is 111 Å². The van der Waals surface area contributed by atoms with Crippen LogP contribution in [0.3, 0.4) is 0 Å². The fourth-order valence-electron chi connectivity index (χ4n) is 4.76. The molecule has 2 atom stereocenters. The van der Waals surface area contributed by atoms with Crippen molar-refractivity contribution in [2.75, 3.05) is 6.54 Å². The first kappa shape index (κ1) is 35.3. The number of nitrogens with zero attached hydrogens (tertiary/aromatic N) is 1. The highest BCUT2D eigenvalue weighted by molar-refractivity contribution is 5.93. The van der Waals surface area contributed by atoms with Crippen LogP contribution in [0.4, 0.5) is 4.79 Å². The van der Waals surface area contributed by atoms with Gasteiger partial charge in [0.25, 0.3) is 0 Å². The zero-order chi connectivity index (χ0) is 32.8. The second-order valence-electron chi connectivity index (χ2n) is 13.8. The molecule has 0 saturated carbocycles. The minimum Gasteiger partial charge on any atom is -0.458 e. The molecule has 0 fully saturated rings. The van der Waals surface area contributed by atoms with Crippen LogP contribution < -0.4 is 10.6 Å². The molecule has 9 nitrogen and oxygen atoms in total. The molecule has 2 N–H and O–H groups in total. The van der Waals surface area contributed by atoms with Gasteiger partial charge in [0.2, 0.25) is 11.8 Å². The molecule has 2 aromatic rings. The molecule has 0 saturated heterocycles. The second-order valence-corrected chi connectivity index (χ2v) is 13.8. The Balaban J connectivity index is 2.57. The normalized spacial score (nSPS) is 13.4. The highest BCUT2D eigenvalue weighted by Gasteiger charge is 2.41. The van der Waals surface area contributed by atoms with Crippen LogP contribution in [0.15, 0.2) is 48.5 Å². The van der Waals surface area contributed by atoms with Gasteiger partial charge in [-0.3, -0.25) is 9.59 Å². The van der Waals surface area contributed by atoms with Gasteiger partial charge in [0, 0.05) is 12.0 Å². The Morgan fingerprint density at radius 3 is 1.79 bits per heavy atom. The Morgan fingerprint density at radius 1 is 0.767 bits per heavy atom. The van der Waals surface area contributed by atoms with E-state index in [1.807, 2.05) is 83.1 Å². The summed E-state index contributed by atoms with van der Waals surface area (Å²) in [5.74, 6) is -1.60. The van der Waals surface area contributed by atoms with Crippen LogP contribution in [-0.4, -0.2) is 58.1 Å². The molecule has 0 aliphatic heterocycles. The number of amides is 3. The average molecular weight is 596 g/mol. The molecule has 43 heavy (non-hydrogen) atoms. The molecular weight excluding hydrogens is 546 g/mol. The minimum atomic E-state index is -1.12. The number of benzene rings is 2. The lowest BCUT2D eigenvalue weighted by Crippen LogP contribution is -2.57.